The van der Waals surface area contributed by atoms with Crippen molar-refractivity contribution in [2.45, 2.75) is 37.8 Å². The number of benzene rings is 1. The van der Waals surface area contributed by atoms with Crippen molar-refractivity contribution < 1.29 is 19.1 Å². The lowest BCUT2D eigenvalue weighted by molar-refractivity contribution is 0.0428. The number of halogens is 2. The van der Waals surface area contributed by atoms with E-state index in [0.29, 0.717) is 24.0 Å². The third kappa shape index (κ3) is 5.02. The summed E-state index contributed by atoms with van der Waals surface area (Å²) in [5, 5.41) is 0. The number of hydrogen-bond donors (Lipinski definition) is 0. The molecule has 0 saturated carbocycles. The monoisotopic (exact) mass is 318 g/mol. The van der Waals surface area contributed by atoms with Crippen LogP contribution in [0.3, 0.4) is 0 Å². The summed E-state index contributed by atoms with van der Waals surface area (Å²) in [6.45, 7) is 3.61. The zero-order chi connectivity index (χ0) is 15.1. The van der Waals surface area contributed by atoms with E-state index in [1.165, 1.54) is 24.3 Å². The van der Waals surface area contributed by atoms with Crippen molar-refractivity contribution in [1.29, 1.82) is 0 Å². The lowest BCUT2D eigenvalue weighted by Gasteiger charge is -2.10. The van der Waals surface area contributed by atoms with E-state index in [0.717, 1.165) is 0 Å². The van der Waals surface area contributed by atoms with E-state index in [-0.39, 0.29) is 0 Å². The van der Waals surface area contributed by atoms with Gasteiger partial charge in [0.05, 0.1) is 11.1 Å². The van der Waals surface area contributed by atoms with Crippen molar-refractivity contribution in [1.82, 2.24) is 0 Å². The fourth-order valence-corrected chi connectivity index (χ4v) is 1.44. The van der Waals surface area contributed by atoms with Crippen LogP contribution in [0, 0.1) is 0 Å². The van der Waals surface area contributed by atoms with Crippen LogP contribution < -0.4 is 0 Å². The Morgan fingerprint density at radius 1 is 0.900 bits per heavy atom. The first-order valence-electron chi connectivity index (χ1n) is 6.28. The average molecular weight is 319 g/mol. The van der Waals surface area contributed by atoms with E-state index in [1.807, 2.05) is 0 Å². The molecular weight excluding hydrogens is 303 g/mol. The summed E-state index contributed by atoms with van der Waals surface area (Å²) in [6.07, 6.45) is 1.04. The lowest BCUT2D eigenvalue weighted by Crippen LogP contribution is -2.14. The molecule has 0 bridgehead atoms. The second kappa shape index (κ2) is 8.12. The molecule has 110 valence electrons. The molecule has 1 aromatic rings. The van der Waals surface area contributed by atoms with Gasteiger partial charge in [0.15, 0.2) is 11.1 Å². The molecule has 0 aliphatic carbocycles. The summed E-state index contributed by atoms with van der Waals surface area (Å²) < 4.78 is 9.91. The summed E-state index contributed by atoms with van der Waals surface area (Å²) in [6, 6.07) is 5.92. The topological polar surface area (TPSA) is 52.6 Å². The van der Waals surface area contributed by atoms with Crippen LogP contribution in [0.25, 0.3) is 0 Å². The molecule has 0 aliphatic heterocycles. The number of carbonyl (C=O) groups is 2. The summed E-state index contributed by atoms with van der Waals surface area (Å²) in [5.74, 6) is -1.06. The van der Waals surface area contributed by atoms with Gasteiger partial charge in [-0.05, 0) is 37.1 Å². The number of alkyl halides is 2. The van der Waals surface area contributed by atoms with Gasteiger partial charge in [0, 0.05) is 0 Å². The number of hydrogen-bond acceptors (Lipinski definition) is 4. The van der Waals surface area contributed by atoms with Crippen molar-refractivity contribution in [2.24, 2.45) is 0 Å². The first kappa shape index (κ1) is 16.8. The Morgan fingerprint density at radius 3 is 1.45 bits per heavy atom. The smallest absolute Gasteiger partial charge is 0.339 e. The van der Waals surface area contributed by atoms with Crippen LogP contribution in [0.2, 0.25) is 0 Å². The van der Waals surface area contributed by atoms with Crippen LogP contribution in [0.4, 0.5) is 0 Å². The van der Waals surface area contributed by atoms with Gasteiger partial charge in [0.25, 0.3) is 0 Å². The number of esters is 2. The highest BCUT2D eigenvalue weighted by molar-refractivity contribution is 6.20. The van der Waals surface area contributed by atoms with Gasteiger partial charge in [-0.2, -0.15) is 0 Å². The van der Waals surface area contributed by atoms with Gasteiger partial charge in [-0.15, -0.1) is 0 Å². The molecule has 1 aromatic carbocycles. The van der Waals surface area contributed by atoms with Crippen molar-refractivity contribution in [3.05, 3.63) is 35.4 Å². The van der Waals surface area contributed by atoms with Crippen LogP contribution in [-0.4, -0.2) is 23.1 Å². The molecule has 0 amide bonds. The van der Waals surface area contributed by atoms with E-state index >= 15 is 0 Å². The Balaban J connectivity index is 2.68. The molecule has 0 spiro atoms. The van der Waals surface area contributed by atoms with Gasteiger partial charge in [-0.3, -0.25) is 0 Å². The summed E-state index contributed by atoms with van der Waals surface area (Å²) in [5.41, 5.74) is -0.681. The quantitative estimate of drug-likeness (QED) is 0.588. The fourth-order valence-electron chi connectivity index (χ4n) is 1.28. The molecule has 0 aliphatic rings. The molecule has 0 heterocycles. The van der Waals surface area contributed by atoms with Gasteiger partial charge in [-0.25, -0.2) is 9.59 Å². The predicted molar refractivity (Wildman–Crippen MR) is 77.1 cm³/mol. The van der Waals surface area contributed by atoms with Gasteiger partial charge in [-0.1, -0.05) is 37.0 Å². The minimum absolute atomic E-state index is 0.318. The van der Waals surface area contributed by atoms with Crippen molar-refractivity contribution in [3.63, 3.8) is 0 Å². The maximum atomic E-state index is 11.7. The van der Waals surface area contributed by atoms with Crippen LogP contribution >= 0.6 is 23.2 Å². The van der Waals surface area contributed by atoms with Crippen LogP contribution in [0.15, 0.2) is 24.3 Å². The fraction of sp³-hybridized carbons (Fsp3) is 0.429. The predicted octanol–water partition coefficient (Wildman–Crippen LogP) is 3.95. The molecule has 0 saturated heterocycles. The Kier molecular flexibility index (Phi) is 6.82. The molecule has 0 aromatic heterocycles. The molecule has 0 fully saturated rings. The zero-order valence-electron chi connectivity index (χ0n) is 11.3. The molecule has 0 N–H and O–H groups in total. The number of carbonyl (C=O) groups excluding carboxylic acids is 2. The minimum Gasteiger partial charge on any atom is -0.442 e. The highest BCUT2D eigenvalue weighted by Gasteiger charge is 2.15. The summed E-state index contributed by atoms with van der Waals surface area (Å²) >= 11 is 11.5. The molecule has 2 atom stereocenters. The second-order valence-corrected chi connectivity index (χ2v) is 5.00. The molecular formula is C14H16Cl2O4. The third-order valence-corrected chi connectivity index (χ3v) is 3.26. The number of rotatable bonds is 6. The molecule has 20 heavy (non-hydrogen) atoms. The summed E-state index contributed by atoms with van der Waals surface area (Å²) in [7, 11) is 0. The first-order chi connectivity index (χ1) is 9.47. The van der Waals surface area contributed by atoms with Crippen LogP contribution in [0.1, 0.15) is 47.4 Å². The lowest BCUT2D eigenvalue weighted by atomic mass is 10.1. The Hall–Kier alpha value is -1.26. The normalized spacial score (nSPS) is 13.4. The van der Waals surface area contributed by atoms with E-state index < -0.39 is 23.1 Å². The van der Waals surface area contributed by atoms with Gasteiger partial charge < -0.3 is 9.47 Å². The van der Waals surface area contributed by atoms with E-state index in [4.69, 9.17) is 32.7 Å². The van der Waals surface area contributed by atoms with Crippen molar-refractivity contribution in [2.75, 3.05) is 0 Å². The van der Waals surface area contributed by atoms with E-state index in [1.54, 1.807) is 13.8 Å². The SMILES string of the molecule is CCC(Cl)OC(=O)c1ccc(C(=O)OC(Cl)CC)cc1. The molecule has 1 rings (SSSR count). The minimum atomic E-state index is -0.659. The summed E-state index contributed by atoms with van der Waals surface area (Å²) in [4.78, 5) is 23.4. The van der Waals surface area contributed by atoms with Gasteiger partial charge in [0.2, 0.25) is 0 Å². The van der Waals surface area contributed by atoms with E-state index in [2.05, 4.69) is 0 Å². The van der Waals surface area contributed by atoms with Gasteiger partial charge >= 0.3 is 11.9 Å². The Labute approximate surface area is 128 Å². The largest absolute Gasteiger partial charge is 0.442 e. The molecule has 4 nitrogen and oxygen atoms in total. The van der Waals surface area contributed by atoms with Gasteiger partial charge in [0.1, 0.15) is 0 Å². The Morgan fingerprint density at radius 2 is 1.20 bits per heavy atom. The Bertz CT molecular complexity index is 416. The second-order valence-electron chi connectivity index (χ2n) is 4.02. The number of ether oxygens (including phenoxy) is 2. The first-order valence-corrected chi connectivity index (χ1v) is 7.15. The van der Waals surface area contributed by atoms with Crippen molar-refractivity contribution in [3.8, 4) is 0 Å². The molecule has 0 radical (unpaired) electrons. The highest BCUT2D eigenvalue weighted by atomic mass is 35.5. The van der Waals surface area contributed by atoms with Crippen LogP contribution in [0.5, 0.6) is 0 Å². The molecule has 2 unspecified atom stereocenters. The molecule has 6 heteroatoms. The maximum Gasteiger partial charge on any atom is 0.339 e. The third-order valence-electron chi connectivity index (χ3n) is 2.47. The van der Waals surface area contributed by atoms with Crippen LogP contribution in [-0.2, 0) is 9.47 Å². The highest BCUT2D eigenvalue weighted by Crippen LogP contribution is 2.13. The average Bonchev–Trinajstić information content (AvgIpc) is 2.46. The van der Waals surface area contributed by atoms with E-state index in [9.17, 15) is 9.59 Å². The zero-order valence-corrected chi connectivity index (χ0v) is 12.8. The maximum absolute atomic E-state index is 11.7. The standard InChI is InChI=1S/C14H16Cl2O4/c1-3-11(15)19-13(17)9-5-7-10(8-6-9)14(18)20-12(16)4-2/h5-8,11-12H,3-4H2,1-2H3. The van der Waals surface area contributed by atoms with Crippen molar-refractivity contribution >= 4 is 35.1 Å².